The molecule has 0 amide bonds. The van der Waals surface area contributed by atoms with Gasteiger partial charge in [0.1, 0.15) is 5.75 Å². The summed E-state index contributed by atoms with van der Waals surface area (Å²) in [6, 6.07) is 85.7. The number of phenolic OH excluding ortho intramolecular Hbond substituents is 1. The Morgan fingerprint density at radius 2 is 0.887 bits per heavy atom. The van der Waals surface area contributed by atoms with Gasteiger partial charge in [-0.3, -0.25) is 0 Å². The van der Waals surface area contributed by atoms with Crippen LogP contribution in [0, 0.1) is 0 Å². The molecule has 1 aliphatic rings. The molecule has 1 unspecified atom stereocenters. The van der Waals surface area contributed by atoms with Crippen LogP contribution in [-0.4, -0.2) is 9.67 Å². The molecule has 0 bridgehead atoms. The lowest BCUT2D eigenvalue weighted by molar-refractivity contribution is 0.461. The summed E-state index contributed by atoms with van der Waals surface area (Å²) in [7, 11) is 0. The topological polar surface area (TPSA) is 31.6 Å². The molecule has 1 heterocycles. The van der Waals surface area contributed by atoms with Crippen molar-refractivity contribution >= 4 is 55.9 Å². The normalized spacial score (nSPS) is 14.5. The van der Waals surface area contributed by atoms with Crippen molar-refractivity contribution in [2.45, 2.75) is 5.41 Å². The van der Waals surface area contributed by atoms with Gasteiger partial charge in [-0.05, 0) is 124 Å². The zero-order valence-corrected chi connectivity index (χ0v) is 38.5. The van der Waals surface area contributed by atoms with Crippen molar-refractivity contribution in [2.75, 3.05) is 9.80 Å². The third-order valence-corrected chi connectivity index (χ3v) is 14.0. The number of anilines is 6. The molecule has 1 aromatic heterocycles. The zero-order chi connectivity index (χ0) is 50.8. The van der Waals surface area contributed by atoms with Crippen LogP contribution in [0.5, 0.6) is 5.75 Å². The second kappa shape index (κ2) is 17.3. The second-order valence-electron chi connectivity index (χ2n) is 17.9. The Hall–Kier alpha value is -9.38. The summed E-state index contributed by atoms with van der Waals surface area (Å²) in [5, 5.41) is 14.8. The van der Waals surface area contributed by atoms with Crippen molar-refractivity contribution in [1.29, 1.82) is 0 Å². The highest BCUT2D eigenvalue weighted by Gasteiger charge is 2.49. The molecule has 1 aliphatic carbocycles. The molecule has 12 aromatic rings. The van der Waals surface area contributed by atoms with E-state index < -0.39 is 29.3 Å². The van der Waals surface area contributed by atoms with Gasteiger partial charge in [0.05, 0.1) is 27.6 Å². The molecule has 0 saturated heterocycles. The van der Waals surface area contributed by atoms with Crippen LogP contribution in [-0.2, 0) is 5.41 Å². The van der Waals surface area contributed by atoms with Gasteiger partial charge >= 0.3 is 0 Å². The van der Waals surface area contributed by atoms with Gasteiger partial charge in [0.2, 0.25) is 0 Å². The number of aromatic hydroxyl groups is 1. The van der Waals surface area contributed by atoms with Crippen LogP contribution in [0.1, 0.15) is 27.7 Å². The molecule has 0 aliphatic heterocycles. The molecule has 11 aromatic carbocycles. The van der Waals surface area contributed by atoms with E-state index >= 15 is 0 Å². The van der Waals surface area contributed by atoms with E-state index in [0.29, 0.717) is 0 Å². The Bertz CT molecular complexity index is 4060. The van der Waals surface area contributed by atoms with Crippen molar-refractivity contribution < 1.29 is 10.6 Å². The minimum absolute atomic E-state index is 0.0729. The first-order valence-corrected chi connectivity index (χ1v) is 23.9. The molecule has 0 fully saturated rings. The van der Waals surface area contributed by atoms with E-state index in [9.17, 15) is 9.22 Å². The summed E-state index contributed by atoms with van der Waals surface area (Å²) in [4.78, 5) is 4.52. The molecule has 0 saturated carbocycles. The van der Waals surface area contributed by atoms with Gasteiger partial charge in [-0.25, -0.2) is 0 Å². The van der Waals surface area contributed by atoms with Crippen LogP contribution in [0.3, 0.4) is 0 Å². The zero-order valence-electron chi connectivity index (χ0n) is 42.5. The monoisotopic (exact) mass is 913 g/mol. The van der Waals surface area contributed by atoms with E-state index in [2.05, 4.69) is 172 Å². The van der Waals surface area contributed by atoms with Gasteiger partial charge in [-0.2, -0.15) is 0 Å². The summed E-state index contributed by atoms with van der Waals surface area (Å²) in [5.41, 5.74) is 12.9. The van der Waals surface area contributed by atoms with E-state index in [4.69, 9.17) is 1.37 Å². The fourth-order valence-electron chi connectivity index (χ4n) is 11.2. The summed E-state index contributed by atoms with van der Waals surface area (Å²) < 4.78 is 39.9. The standard InChI is InChI=1S/C67H47N3O/c71-65-40-21-18-36-61(65)67(62-37-22-35-56-55-34-17-20-39-64(55)70(66(56)62)51-31-14-5-15-32-51)59-43-41-52(68(48-25-8-2-9-26-48)49-27-10-3-11-28-49)45-57(59)58-46-53(42-44-60(58)67)69(50-29-12-4-13-30-50)63-38-19-16-33-54(63)47-23-6-1-7-24-47/h1-46,71H/i18D,21D,36D,40D. The Morgan fingerprint density at radius 1 is 0.380 bits per heavy atom. The average Bonchev–Trinajstić information content (AvgIpc) is 4.15. The third kappa shape index (κ3) is 6.75. The maximum Gasteiger partial charge on any atom is 0.120 e. The van der Waals surface area contributed by atoms with Gasteiger partial charge in [0, 0.05) is 56.0 Å². The number of fused-ring (bicyclic) bond motifs is 6. The van der Waals surface area contributed by atoms with Gasteiger partial charge < -0.3 is 19.5 Å². The maximum atomic E-state index is 12.8. The predicted octanol–water partition coefficient (Wildman–Crippen LogP) is 17.5. The number of nitrogens with zero attached hydrogens (tertiary/aromatic N) is 3. The third-order valence-electron chi connectivity index (χ3n) is 14.0. The highest BCUT2D eigenvalue weighted by Crippen LogP contribution is 2.61. The molecule has 13 rings (SSSR count). The summed E-state index contributed by atoms with van der Waals surface area (Å²) >= 11 is 0. The van der Waals surface area contributed by atoms with E-state index in [1.54, 1.807) is 0 Å². The maximum absolute atomic E-state index is 12.8. The molecular formula is C67H47N3O. The number of rotatable bonds is 10. The Morgan fingerprint density at radius 3 is 1.54 bits per heavy atom. The predicted molar refractivity (Wildman–Crippen MR) is 295 cm³/mol. The molecule has 0 radical (unpaired) electrons. The lowest BCUT2D eigenvalue weighted by Crippen LogP contribution is -2.29. The van der Waals surface area contributed by atoms with E-state index in [0.717, 1.165) is 101 Å². The fraction of sp³-hybridized carbons (Fsp3) is 0.0149. The highest BCUT2D eigenvalue weighted by molar-refractivity contribution is 6.12. The SMILES string of the molecule is [2H]c1c([2H])c([2H])c(C2(c3cccc4c5ccccc5n(-c5ccccc5)c34)c3ccc(N(c4ccccc4)c4ccccc4)cc3-c3cc(N(c4ccccc4)c4ccccc4-c4ccccc4)ccc32)c(O)c1[2H]. The van der Waals surface area contributed by atoms with Crippen molar-refractivity contribution in [2.24, 2.45) is 0 Å². The van der Waals surface area contributed by atoms with Crippen molar-refractivity contribution in [3.8, 4) is 33.7 Å². The smallest absolute Gasteiger partial charge is 0.120 e. The van der Waals surface area contributed by atoms with Crippen LogP contribution in [0.25, 0.3) is 49.7 Å². The molecule has 4 heteroatoms. The van der Waals surface area contributed by atoms with Crippen LogP contribution >= 0.6 is 0 Å². The second-order valence-corrected chi connectivity index (χ2v) is 17.9. The number of hydrogen-bond donors (Lipinski definition) is 1. The van der Waals surface area contributed by atoms with E-state index in [1.807, 2.05) is 97.1 Å². The molecule has 0 spiro atoms. The van der Waals surface area contributed by atoms with Gasteiger partial charge in [0.25, 0.3) is 0 Å². The Balaban J connectivity index is 1.20. The van der Waals surface area contributed by atoms with E-state index in [-0.39, 0.29) is 11.6 Å². The van der Waals surface area contributed by atoms with Crippen molar-refractivity contribution in [3.05, 3.63) is 301 Å². The first-order chi connectivity index (χ1) is 36.8. The van der Waals surface area contributed by atoms with Crippen LogP contribution in [0.4, 0.5) is 34.1 Å². The Kier molecular flexibility index (Phi) is 9.16. The lowest BCUT2D eigenvalue weighted by Gasteiger charge is -2.36. The van der Waals surface area contributed by atoms with Gasteiger partial charge in [0.15, 0.2) is 0 Å². The fourth-order valence-corrected chi connectivity index (χ4v) is 11.2. The first kappa shape index (κ1) is 37.6. The van der Waals surface area contributed by atoms with Crippen LogP contribution in [0.15, 0.2) is 279 Å². The largest absolute Gasteiger partial charge is 0.508 e. The van der Waals surface area contributed by atoms with E-state index in [1.165, 1.54) is 0 Å². The molecule has 1 N–H and O–H groups in total. The number of para-hydroxylation sites is 8. The quantitative estimate of drug-likeness (QED) is 0.148. The van der Waals surface area contributed by atoms with Crippen molar-refractivity contribution in [1.82, 2.24) is 4.57 Å². The lowest BCUT2D eigenvalue weighted by atomic mass is 9.66. The summed E-state index contributed by atoms with van der Waals surface area (Å²) in [6.45, 7) is 0. The van der Waals surface area contributed by atoms with Crippen molar-refractivity contribution in [3.63, 3.8) is 0 Å². The van der Waals surface area contributed by atoms with Crippen LogP contribution < -0.4 is 9.80 Å². The minimum atomic E-state index is -1.54. The highest BCUT2D eigenvalue weighted by atomic mass is 16.3. The number of benzene rings is 11. The van der Waals surface area contributed by atoms with Gasteiger partial charge in [-0.15, -0.1) is 0 Å². The molecular weight excluding hydrogens is 863 g/mol. The molecule has 1 atom stereocenters. The minimum Gasteiger partial charge on any atom is -0.508 e. The number of aromatic nitrogens is 1. The summed E-state index contributed by atoms with van der Waals surface area (Å²) in [5.74, 6) is -0.509. The number of hydrogen-bond acceptors (Lipinski definition) is 3. The molecule has 336 valence electrons. The number of phenols is 1. The van der Waals surface area contributed by atoms with Gasteiger partial charge in [-0.1, -0.05) is 188 Å². The summed E-state index contributed by atoms with van der Waals surface area (Å²) in [6.07, 6.45) is 0. The van der Waals surface area contributed by atoms with Crippen LogP contribution in [0.2, 0.25) is 0 Å². The molecule has 4 nitrogen and oxygen atoms in total. The molecule has 71 heavy (non-hydrogen) atoms. The first-order valence-electron chi connectivity index (χ1n) is 25.9. The Labute approximate surface area is 419 Å². The average molecular weight is 914 g/mol.